The number of allylic oxidation sites excluding steroid dienone is 1. The van der Waals surface area contributed by atoms with Gasteiger partial charge in [-0.1, -0.05) is 36.4 Å². The molecule has 1 fully saturated rings. The molecule has 1 aliphatic heterocycles. The van der Waals surface area contributed by atoms with Gasteiger partial charge in [-0.3, -0.25) is 4.79 Å². The van der Waals surface area contributed by atoms with Crippen molar-refractivity contribution in [1.29, 1.82) is 0 Å². The highest BCUT2D eigenvalue weighted by Gasteiger charge is 2.40. The van der Waals surface area contributed by atoms with Gasteiger partial charge in [-0.05, 0) is 31.4 Å². The first kappa shape index (κ1) is 16.0. The minimum absolute atomic E-state index is 0.0131. The van der Waals surface area contributed by atoms with Gasteiger partial charge in [0.2, 0.25) is 5.91 Å². The van der Waals surface area contributed by atoms with Crippen LogP contribution in [0, 0.1) is 0 Å². The molecule has 116 valence electrons. The number of rotatable bonds is 6. The second-order valence-corrected chi connectivity index (χ2v) is 5.56. The Kier molecular flexibility index (Phi) is 5.15. The van der Waals surface area contributed by atoms with E-state index < -0.39 is 5.97 Å². The first-order chi connectivity index (χ1) is 10.5. The lowest BCUT2D eigenvalue weighted by atomic mass is 9.96. The molecule has 1 heterocycles. The van der Waals surface area contributed by atoms with Crippen molar-refractivity contribution in [3.63, 3.8) is 0 Å². The second kappa shape index (κ2) is 7.07. The molecule has 0 radical (unpaired) electrons. The molecule has 2 rings (SSSR count). The summed E-state index contributed by atoms with van der Waals surface area (Å²) in [5.74, 6) is -0.495. The van der Waals surface area contributed by atoms with Crippen LogP contribution in [0.25, 0.3) is 0 Å². The van der Waals surface area contributed by atoms with E-state index in [-0.39, 0.29) is 18.6 Å². The number of β-lactam (4-membered cyclic amide) rings is 1. The van der Waals surface area contributed by atoms with E-state index in [9.17, 15) is 9.59 Å². The van der Waals surface area contributed by atoms with E-state index in [1.165, 1.54) is 0 Å². The minimum Gasteiger partial charge on any atom is -0.456 e. The molecule has 1 aromatic rings. The fraction of sp³-hybridized carbons (Fsp3) is 0.333. The number of amides is 1. The fourth-order valence-corrected chi connectivity index (χ4v) is 2.51. The Morgan fingerprint density at radius 3 is 2.59 bits per heavy atom. The van der Waals surface area contributed by atoms with E-state index >= 15 is 0 Å². The summed E-state index contributed by atoms with van der Waals surface area (Å²) >= 11 is 0. The quantitative estimate of drug-likeness (QED) is 0.351. The molecule has 0 spiro atoms. The molecule has 0 saturated carbocycles. The van der Waals surface area contributed by atoms with Gasteiger partial charge in [-0.25, -0.2) is 4.79 Å². The molecule has 4 nitrogen and oxygen atoms in total. The van der Waals surface area contributed by atoms with Crippen molar-refractivity contribution in [2.75, 3.05) is 0 Å². The topological polar surface area (TPSA) is 46.6 Å². The van der Waals surface area contributed by atoms with Gasteiger partial charge in [0, 0.05) is 12.5 Å². The smallest absolute Gasteiger partial charge is 0.355 e. The maximum Gasteiger partial charge on any atom is 0.355 e. The van der Waals surface area contributed by atoms with E-state index in [0.29, 0.717) is 18.5 Å². The van der Waals surface area contributed by atoms with Gasteiger partial charge in [-0.2, -0.15) is 0 Å². The molecular formula is C18H21NO3. The highest BCUT2D eigenvalue weighted by atomic mass is 16.5. The third-order valence-electron chi connectivity index (χ3n) is 3.60. The van der Waals surface area contributed by atoms with Crippen LogP contribution in [0.5, 0.6) is 0 Å². The summed E-state index contributed by atoms with van der Waals surface area (Å²) in [4.78, 5) is 25.8. The summed E-state index contributed by atoms with van der Waals surface area (Å²) in [7, 11) is 0. The van der Waals surface area contributed by atoms with Crippen molar-refractivity contribution in [3.05, 3.63) is 59.8 Å². The predicted octanol–water partition coefficient (Wildman–Crippen LogP) is 3.20. The Morgan fingerprint density at radius 1 is 1.36 bits per heavy atom. The zero-order chi connectivity index (χ0) is 16.1. The summed E-state index contributed by atoms with van der Waals surface area (Å²) in [6.07, 6.45) is 2.89. The number of hydrogen-bond acceptors (Lipinski definition) is 3. The van der Waals surface area contributed by atoms with Crippen LogP contribution in [-0.4, -0.2) is 22.8 Å². The molecule has 1 saturated heterocycles. The van der Waals surface area contributed by atoms with E-state index in [1.807, 2.05) is 44.2 Å². The maximum absolute atomic E-state index is 12.4. The number of carbonyl (C=O) groups excluding carboxylic acids is 2. The van der Waals surface area contributed by atoms with Crippen LogP contribution in [0.4, 0.5) is 0 Å². The summed E-state index contributed by atoms with van der Waals surface area (Å²) < 4.78 is 5.37. The largest absolute Gasteiger partial charge is 0.456 e. The van der Waals surface area contributed by atoms with Crippen LogP contribution < -0.4 is 0 Å². The highest BCUT2D eigenvalue weighted by molar-refractivity contribution is 5.97. The number of benzene rings is 1. The molecule has 1 aliphatic rings. The van der Waals surface area contributed by atoms with Crippen LogP contribution in [0.2, 0.25) is 0 Å². The van der Waals surface area contributed by atoms with Crippen LogP contribution in [-0.2, 0) is 20.9 Å². The molecule has 1 amide bonds. The van der Waals surface area contributed by atoms with E-state index in [0.717, 1.165) is 11.1 Å². The lowest BCUT2D eigenvalue weighted by Crippen LogP contribution is -2.53. The van der Waals surface area contributed by atoms with Gasteiger partial charge in [0.05, 0.1) is 0 Å². The number of carbonyl (C=O) groups is 2. The minimum atomic E-state index is -0.453. The summed E-state index contributed by atoms with van der Waals surface area (Å²) in [6, 6.07) is 9.49. The van der Waals surface area contributed by atoms with Crippen molar-refractivity contribution in [2.24, 2.45) is 0 Å². The van der Waals surface area contributed by atoms with Gasteiger partial charge in [0.1, 0.15) is 12.3 Å². The Bertz CT molecular complexity index is 598. The Hall–Kier alpha value is -2.36. The second-order valence-electron chi connectivity index (χ2n) is 5.56. The number of ether oxygens (including phenoxy) is 1. The Balaban J connectivity index is 2.08. The molecule has 0 N–H and O–H groups in total. The molecular weight excluding hydrogens is 278 g/mol. The van der Waals surface area contributed by atoms with Crippen molar-refractivity contribution < 1.29 is 14.3 Å². The third-order valence-corrected chi connectivity index (χ3v) is 3.60. The number of hydrogen-bond donors (Lipinski definition) is 0. The molecule has 4 heteroatoms. The molecule has 1 aromatic carbocycles. The van der Waals surface area contributed by atoms with Crippen molar-refractivity contribution in [2.45, 2.75) is 39.3 Å². The predicted molar refractivity (Wildman–Crippen MR) is 84.7 cm³/mol. The van der Waals surface area contributed by atoms with Gasteiger partial charge >= 0.3 is 5.97 Å². The molecule has 0 aromatic heterocycles. The highest BCUT2D eigenvalue weighted by Crippen LogP contribution is 2.29. The van der Waals surface area contributed by atoms with Crippen molar-refractivity contribution in [3.8, 4) is 0 Å². The molecule has 0 aliphatic carbocycles. The van der Waals surface area contributed by atoms with Crippen molar-refractivity contribution in [1.82, 2.24) is 4.90 Å². The maximum atomic E-state index is 12.4. The fourth-order valence-electron chi connectivity index (χ4n) is 2.51. The average molecular weight is 299 g/mol. The summed E-state index contributed by atoms with van der Waals surface area (Å²) in [6.45, 7) is 7.53. The van der Waals surface area contributed by atoms with E-state index in [4.69, 9.17) is 4.74 Å². The van der Waals surface area contributed by atoms with Crippen LogP contribution in [0.1, 0.15) is 32.3 Å². The lowest BCUT2D eigenvalue weighted by molar-refractivity contribution is -0.152. The molecule has 1 atom stereocenters. The average Bonchev–Trinajstić information content (AvgIpc) is 2.50. The van der Waals surface area contributed by atoms with Gasteiger partial charge < -0.3 is 9.64 Å². The zero-order valence-electron chi connectivity index (χ0n) is 13.0. The van der Waals surface area contributed by atoms with Crippen LogP contribution >= 0.6 is 0 Å². The number of esters is 1. The molecule has 22 heavy (non-hydrogen) atoms. The Labute approximate surface area is 131 Å². The standard InChI is InChI=1S/C18H21NO3/c1-4-8-15-11-16(20)19(15)17(13(2)3)18(21)22-12-14-9-6-5-7-10-14/h4-7,9-10,15H,1,8,11-12H2,2-3H3/t15-/m0/s1. The van der Waals surface area contributed by atoms with E-state index in [1.54, 1.807) is 11.0 Å². The normalized spacial score (nSPS) is 16.7. The van der Waals surface area contributed by atoms with Crippen molar-refractivity contribution >= 4 is 11.9 Å². The summed E-state index contributed by atoms with van der Waals surface area (Å²) in [5.41, 5.74) is 2.06. The SMILES string of the molecule is C=CC[C@H]1CC(=O)N1C(C(=O)OCc1ccccc1)=C(C)C. The van der Waals surface area contributed by atoms with Gasteiger partial charge in [0.15, 0.2) is 0 Å². The first-order valence-corrected chi connectivity index (χ1v) is 7.36. The third kappa shape index (κ3) is 3.45. The van der Waals surface area contributed by atoms with Crippen LogP contribution in [0.15, 0.2) is 54.3 Å². The first-order valence-electron chi connectivity index (χ1n) is 7.36. The summed E-state index contributed by atoms with van der Waals surface area (Å²) in [5, 5.41) is 0. The van der Waals surface area contributed by atoms with Gasteiger partial charge in [-0.15, -0.1) is 6.58 Å². The number of likely N-dealkylation sites (tertiary alicyclic amines) is 1. The van der Waals surface area contributed by atoms with Gasteiger partial charge in [0.25, 0.3) is 0 Å². The lowest BCUT2D eigenvalue weighted by Gasteiger charge is -2.41. The Morgan fingerprint density at radius 2 is 2.05 bits per heavy atom. The monoisotopic (exact) mass is 299 g/mol. The van der Waals surface area contributed by atoms with E-state index in [2.05, 4.69) is 6.58 Å². The molecule has 0 bridgehead atoms. The van der Waals surface area contributed by atoms with Crippen LogP contribution in [0.3, 0.4) is 0 Å². The molecule has 0 unspecified atom stereocenters. The zero-order valence-corrected chi connectivity index (χ0v) is 13.0. The number of nitrogens with zero attached hydrogens (tertiary/aromatic N) is 1.